The minimum absolute atomic E-state index is 0.277. The van der Waals surface area contributed by atoms with Gasteiger partial charge in [-0.2, -0.15) is 8.68 Å². The minimum atomic E-state index is -0.886. The smallest absolute Gasteiger partial charge is 0.428 e. The monoisotopic (exact) mass is 437 g/mol. The lowest BCUT2D eigenvalue weighted by Gasteiger charge is -2.24. The quantitative estimate of drug-likeness (QED) is 0.704. The van der Waals surface area contributed by atoms with Crippen molar-refractivity contribution in [3.05, 3.63) is 34.7 Å². The van der Waals surface area contributed by atoms with E-state index in [1.165, 1.54) is 6.26 Å². The summed E-state index contributed by atoms with van der Waals surface area (Å²) in [6.07, 6.45) is 0.680. The van der Waals surface area contributed by atoms with E-state index in [4.69, 9.17) is 9.47 Å². The van der Waals surface area contributed by atoms with Crippen LogP contribution in [0.2, 0.25) is 0 Å². The topological polar surface area (TPSA) is 97.8 Å². The fourth-order valence-corrected chi connectivity index (χ4v) is 3.44. The number of aryl methyl sites for hydroxylation is 1. The lowest BCUT2D eigenvalue weighted by molar-refractivity contribution is 0.0445. The van der Waals surface area contributed by atoms with Crippen molar-refractivity contribution in [2.24, 2.45) is 0 Å². The Bertz CT molecular complexity index is 904. The van der Waals surface area contributed by atoms with Crippen LogP contribution in [0.5, 0.6) is 5.75 Å². The van der Waals surface area contributed by atoms with E-state index in [2.05, 4.69) is 9.69 Å². The van der Waals surface area contributed by atoms with Crippen LogP contribution in [-0.4, -0.2) is 45.7 Å². The third kappa shape index (κ3) is 5.70. The molecule has 4 amide bonds. The molecule has 0 aliphatic carbocycles. The maximum absolute atomic E-state index is 12.8. The molecule has 2 rings (SSSR count). The third-order valence-electron chi connectivity index (χ3n) is 3.60. The molecule has 1 N–H and O–H groups in total. The number of hydrogen-bond donors (Lipinski definition) is 1. The molecule has 1 aromatic carbocycles. The molecule has 0 saturated carbocycles. The summed E-state index contributed by atoms with van der Waals surface area (Å²) in [5.41, 5.74) is 0.666. The van der Waals surface area contributed by atoms with Crippen molar-refractivity contribution in [3.8, 4) is 17.0 Å². The summed E-state index contributed by atoms with van der Waals surface area (Å²) >= 11 is 2.00. The van der Waals surface area contributed by atoms with Gasteiger partial charge in [0.25, 0.3) is 5.91 Å². The Morgan fingerprint density at radius 1 is 1.17 bits per heavy atom. The summed E-state index contributed by atoms with van der Waals surface area (Å²) < 4.78 is 15.4. The van der Waals surface area contributed by atoms with Gasteiger partial charge in [0.1, 0.15) is 11.4 Å². The van der Waals surface area contributed by atoms with Crippen molar-refractivity contribution in [3.63, 3.8) is 0 Å². The van der Waals surface area contributed by atoms with Crippen molar-refractivity contribution >= 4 is 41.5 Å². The number of hydrogen-bond acceptors (Lipinski definition) is 8. The molecule has 156 valence electrons. The summed E-state index contributed by atoms with van der Waals surface area (Å²) in [5.74, 6) is 0.0320. The first-order chi connectivity index (χ1) is 13.6. The zero-order chi connectivity index (χ0) is 21.8. The largest absolute Gasteiger partial charge is 0.497 e. The number of rotatable bonds is 4. The van der Waals surface area contributed by atoms with Gasteiger partial charge in [0, 0.05) is 16.7 Å². The molecular weight excluding hydrogens is 414 g/mol. The van der Waals surface area contributed by atoms with Gasteiger partial charge in [0.15, 0.2) is 0 Å². The number of imide groups is 2. The van der Waals surface area contributed by atoms with E-state index < -0.39 is 23.6 Å². The molecule has 0 aliphatic heterocycles. The van der Waals surface area contributed by atoms with Gasteiger partial charge in [-0.15, -0.1) is 0 Å². The molecule has 0 saturated heterocycles. The lowest BCUT2D eigenvalue weighted by Crippen LogP contribution is -2.44. The highest BCUT2D eigenvalue weighted by molar-refractivity contribution is 7.97. The number of nitrogens with one attached hydrogen (secondary N) is 1. The van der Waals surface area contributed by atoms with E-state index in [0.717, 1.165) is 27.8 Å². The molecule has 0 aliphatic rings. The highest BCUT2D eigenvalue weighted by atomic mass is 32.2. The summed E-state index contributed by atoms with van der Waals surface area (Å²) in [6, 6.07) is 6.19. The molecule has 29 heavy (non-hydrogen) atoms. The van der Waals surface area contributed by atoms with Gasteiger partial charge >= 0.3 is 12.1 Å². The van der Waals surface area contributed by atoms with E-state index in [1.54, 1.807) is 59.1 Å². The number of urea groups is 1. The molecule has 1 heterocycles. The highest BCUT2D eigenvalue weighted by Gasteiger charge is 2.30. The average molecular weight is 438 g/mol. The van der Waals surface area contributed by atoms with Crippen LogP contribution < -0.4 is 10.1 Å². The van der Waals surface area contributed by atoms with Crippen molar-refractivity contribution < 1.29 is 23.9 Å². The van der Waals surface area contributed by atoms with E-state index in [1.807, 2.05) is 0 Å². The molecular formula is C19H23N3O5S2. The molecule has 0 atom stereocenters. The van der Waals surface area contributed by atoms with Gasteiger partial charge in [-0.05, 0) is 75.4 Å². The van der Waals surface area contributed by atoms with Crippen molar-refractivity contribution in [2.75, 3.05) is 13.4 Å². The third-order valence-corrected chi connectivity index (χ3v) is 5.03. The molecule has 0 unspecified atom stereocenters. The maximum atomic E-state index is 12.8. The van der Waals surface area contributed by atoms with Gasteiger partial charge in [0.2, 0.25) is 0 Å². The number of amides is 4. The summed E-state index contributed by atoms with van der Waals surface area (Å²) in [7, 11) is 1.56. The zero-order valence-electron chi connectivity index (χ0n) is 17.1. The summed E-state index contributed by atoms with van der Waals surface area (Å²) in [4.78, 5) is 38.1. The first kappa shape index (κ1) is 22.7. The van der Waals surface area contributed by atoms with Crippen molar-refractivity contribution in [2.45, 2.75) is 33.3 Å². The second-order valence-corrected chi connectivity index (χ2v) is 8.62. The second-order valence-electron chi connectivity index (χ2n) is 6.91. The first-order valence-electron chi connectivity index (χ1n) is 8.60. The van der Waals surface area contributed by atoms with E-state index >= 15 is 0 Å². The Labute approximate surface area is 177 Å². The summed E-state index contributed by atoms with van der Waals surface area (Å²) in [5, 5.41) is 2.24. The Kier molecular flexibility index (Phi) is 7.26. The van der Waals surface area contributed by atoms with Crippen LogP contribution >= 0.6 is 23.5 Å². The Balaban J connectivity index is 2.23. The number of aromatic nitrogens is 1. The van der Waals surface area contributed by atoms with Crippen LogP contribution in [0.25, 0.3) is 11.3 Å². The number of carbonyl (C=O) groups excluding carboxylic acids is 3. The number of methoxy groups -OCH3 is 1. The van der Waals surface area contributed by atoms with Gasteiger partial charge < -0.3 is 9.47 Å². The molecule has 2 aromatic rings. The lowest BCUT2D eigenvalue weighted by atomic mass is 10.1. The average Bonchev–Trinajstić information content (AvgIpc) is 3.02. The normalized spacial score (nSPS) is 11.0. The molecule has 8 nitrogen and oxygen atoms in total. The molecule has 10 heteroatoms. The SMILES string of the molecule is COc1ccc(-c2nsc(C)c2C(=O)NC(=O)N(SC)C(=O)OC(C)(C)C)cc1. The van der Waals surface area contributed by atoms with Crippen molar-refractivity contribution in [1.82, 2.24) is 14.0 Å². The molecule has 0 spiro atoms. The highest BCUT2D eigenvalue weighted by Crippen LogP contribution is 2.29. The fraction of sp³-hybridized carbons (Fsp3) is 0.368. The Morgan fingerprint density at radius 2 is 1.79 bits per heavy atom. The predicted octanol–water partition coefficient (Wildman–Crippen LogP) is 4.49. The van der Waals surface area contributed by atoms with Crippen LogP contribution in [0.15, 0.2) is 24.3 Å². The number of ether oxygens (including phenoxy) is 2. The number of benzene rings is 1. The standard InChI is InChI=1S/C19H23N3O5S2/c1-11-14(15(21-29-11)12-7-9-13(26-5)10-8-12)16(23)20-17(24)22(28-6)18(25)27-19(2,3)4/h7-10H,1-6H3,(H,20,23,24). The zero-order valence-corrected chi connectivity index (χ0v) is 18.7. The second kappa shape index (κ2) is 9.27. The van der Waals surface area contributed by atoms with Crippen molar-refractivity contribution in [1.29, 1.82) is 0 Å². The maximum Gasteiger partial charge on any atom is 0.428 e. The van der Waals surface area contributed by atoms with Crippen LogP contribution in [0.1, 0.15) is 36.0 Å². The molecule has 0 radical (unpaired) electrons. The Morgan fingerprint density at radius 3 is 2.31 bits per heavy atom. The predicted molar refractivity (Wildman–Crippen MR) is 113 cm³/mol. The first-order valence-corrected chi connectivity index (χ1v) is 10.6. The van der Waals surface area contributed by atoms with Gasteiger partial charge in [-0.25, -0.2) is 9.59 Å². The molecule has 0 bridgehead atoms. The molecule has 0 fully saturated rings. The number of nitrogens with zero attached hydrogens (tertiary/aromatic N) is 2. The van der Waals surface area contributed by atoms with Crippen LogP contribution in [0.3, 0.4) is 0 Å². The van der Waals surface area contributed by atoms with Crippen LogP contribution in [-0.2, 0) is 4.74 Å². The van der Waals surface area contributed by atoms with Crippen LogP contribution in [0, 0.1) is 6.92 Å². The van der Waals surface area contributed by atoms with Gasteiger partial charge in [-0.1, -0.05) is 0 Å². The fourth-order valence-electron chi connectivity index (χ4n) is 2.34. The molecule has 1 aromatic heterocycles. The van der Waals surface area contributed by atoms with Gasteiger partial charge in [-0.3, -0.25) is 10.1 Å². The minimum Gasteiger partial charge on any atom is -0.497 e. The van der Waals surface area contributed by atoms with E-state index in [9.17, 15) is 14.4 Å². The Hall–Kier alpha value is -2.59. The van der Waals surface area contributed by atoms with Gasteiger partial charge in [0.05, 0.1) is 18.4 Å². The number of carbonyl (C=O) groups is 3. The van der Waals surface area contributed by atoms with Crippen LogP contribution in [0.4, 0.5) is 9.59 Å². The van der Waals surface area contributed by atoms with E-state index in [-0.39, 0.29) is 5.56 Å². The van der Waals surface area contributed by atoms with E-state index in [0.29, 0.717) is 21.9 Å². The summed E-state index contributed by atoms with van der Waals surface area (Å²) in [6.45, 7) is 6.81.